The molecule has 0 aliphatic carbocycles. The standard InChI is InChI=1S/C47H67N17O8S2/c1-26(65)58-32(13-7-16-54-46(49)50)40(67)60-34(15-18-73)42(69)63-37(21-29-23-53-25-57-29)45(72)61-35(19-27-9-3-2-4-10-27)43(70)59-33(14-8-17-55-47(51)52)41(68)62-36(44(71)64-38(24-74)39(48)66)20-28-22-56-31-12-6-5-11-30(28)31/h2-6,9-12,22-23,25,32-38,56,73-74H,7-8,13-21,24H2,1H3,(H2,48,66)(H,53,57)(H,58,65)(H,59,70)(H,60,67)(H,61,72)(H,62,68)(H,63,69)(H,64,71)(H4,49,50,54)(H4,51,52,55)/t32-,33-,34-,35+,36-,37-,38-/m0/s1. The molecule has 0 unspecified atom stereocenters. The molecule has 0 saturated carbocycles. The summed E-state index contributed by atoms with van der Waals surface area (Å²) < 4.78 is 0. The van der Waals surface area contributed by atoms with Crippen molar-refractivity contribution in [2.24, 2.45) is 38.7 Å². The maximum Gasteiger partial charge on any atom is 0.243 e. The van der Waals surface area contributed by atoms with Crippen LogP contribution in [-0.4, -0.2) is 141 Å². The van der Waals surface area contributed by atoms with E-state index in [0.717, 1.165) is 10.9 Å². The molecular formula is C47H67N17O8S2. The van der Waals surface area contributed by atoms with Crippen LogP contribution in [0.25, 0.3) is 10.9 Å². The number of carbonyl (C=O) groups is 8. The van der Waals surface area contributed by atoms with E-state index in [-0.39, 0.29) is 81.5 Å². The van der Waals surface area contributed by atoms with Crippen LogP contribution in [0.2, 0.25) is 0 Å². The molecule has 2 heterocycles. The normalized spacial score (nSPS) is 13.8. The van der Waals surface area contributed by atoms with Gasteiger partial charge in [0.05, 0.1) is 6.33 Å². The number of nitrogens with zero attached hydrogens (tertiary/aromatic N) is 3. The molecule has 4 aromatic rings. The van der Waals surface area contributed by atoms with Gasteiger partial charge in [0, 0.05) is 74.0 Å². The van der Waals surface area contributed by atoms with Crippen LogP contribution in [0.4, 0.5) is 0 Å². The van der Waals surface area contributed by atoms with E-state index >= 15 is 0 Å². The molecule has 0 aliphatic heterocycles. The van der Waals surface area contributed by atoms with E-state index in [9.17, 15) is 38.4 Å². The average molecular weight is 1060 g/mol. The Bertz CT molecular complexity index is 2570. The third-order valence-electron chi connectivity index (χ3n) is 11.4. The van der Waals surface area contributed by atoms with Gasteiger partial charge < -0.3 is 75.9 Å². The van der Waals surface area contributed by atoms with Gasteiger partial charge in [-0.3, -0.25) is 48.3 Å². The number of nitrogens with one attached hydrogen (secondary N) is 9. The van der Waals surface area contributed by atoms with Crippen molar-refractivity contribution in [2.75, 3.05) is 24.6 Å². The first kappa shape index (κ1) is 58.8. The van der Waals surface area contributed by atoms with Gasteiger partial charge in [-0.15, -0.1) is 0 Å². The number of rotatable bonds is 31. The Labute approximate surface area is 438 Å². The first-order valence-corrected chi connectivity index (χ1v) is 24.9. The van der Waals surface area contributed by atoms with Gasteiger partial charge in [0.1, 0.15) is 42.3 Å². The maximum atomic E-state index is 14.6. The van der Waals surface area contributed by atoms with E-state index in [4.69, 9.17) is 28.7 Å². The fourth-order valence-electron chi connectivity index (χ4n) is 7.64. The molecule has 7 atom stereocenters. The smallest absolute Gasteiger partial charge is 0.243 e. The van der Waals surface area contributed by atoms with Crippen molar-refractivity contribution in [1.82, 2.24) is 52.2 Å². The second-order valence-corrected chi connectivity index (χ2v) is 18.0. The molecule has 0 bridgehead atoms. The van der Waals surface area contributed by atoms with Gasteiger partial charge in [-0.2, -0.15) is 25.3 Å². The zero-order valence-electron chi connectivity index (χ0n) is 40.8. The van der Waals surface area contributed by atoms with Crippen molar-refractivity contribution in [3.63, 3.8) is 0 Å². The van der Waals surface area contributed by atoms with Gasteiger partial charge in [-0.25, -0.2) is 4.98 Å². The molecule has 2 aromatic carbocycles. The van der Waals surface area contributed by atoms with Crippen molar-refractivity contribution < 1.29 is 38.4 Å². The fraction of sp³-hybridized carbons (Fsp3) is 0.426. The summed E-state index contributed by atoms with van der Waals surface area (Å²) in [6, 6.07) is 7.08. The number of thiol groups is 2. The number of para-hydroxylation sites is 1. The number of guanidine groups is 2. The number of hydrogen-bond donors (Lipinski definition) is 16. The number of imidazole rings is 1. The summed E-state index contributed by atoms with van der Waals surface area (Å²) in [6.07, 6.45) is 4.76. The summed E-state index contributed by atoms with van der Waals surface area (Å²) >= 11 is 8.44. The zero-order chi connectivity index (χ0) is 54.2. The number of hydrogen-bond acceptors (Lipinski definition) is 13. The Morgan fingerprint density at radius 3 is 1.54 bits per heavy atom. The Balaban J connectivity index is 1.64. The molecule has 8 amide bonds. The van der Waals surface area contributed by atoms with Crippen molar-refractivity contribution in [2.45, 2.75) is 101 Å². The van der Waals surface area contributed by atoms with Crippen molar-refractivity contribution >= 4 is 95.3 Å². The first-order chi connectivity index (χ1) is 35.4. The van der Waals surface area contributed by atoms with E-state index < -0.39 is 89.6 Å². The second-order valence-electron chi connectivity index (χ2n) is 17.1. The van der Waals surface area contributed by atoms with Crippen LogP contribution in [0.15, 0.2) is 83.3 Å². The number of carbonyl (C=O) groups excluding carboxylic acids is 8. The lowest BCUT2D eigenvalue weighted by Crippen LogP contribution is -2.61. The van der Waals surface area contributed by atoms with E-state index in [1.54, 1.807) is 36.5 Å². The van der Waals surface area contributed by atoms with Gasteiger partial charge in [0.15, 0.2) is 11.9 Å². The molecule has 4 rings (SSSR count). The number of nitrogens with two attached hydrogens (primary N) is 5. The molecule has 400 valence electrons. The van der Waals surface area contributed by atoms with Crippen LogP contribution in [0.5, 0.6) is 0 Å². The number of H-pyrrole nitrogens is 2. The molecule has 27 heteroatoms. The summed E-state index contributed by atoms with van der Waals surface area (Å²) in [5, 5.41) is 19.5. The van der Waals surface area contributed by atoms with Crippen molar-refractivity contribution in [1.29, 1.82) is 0 Å². The molecular weight excluding hydrogens is 995 g/mol. The summed E-state index contributed by atoms with van der Waals surface area (Å²) in [5.41, 5.74) is 30.0. The van der Waals surface area contributed by atoms with Crippen molar-refractivity contribution in [3.8, 4) is 0 Å². The summed E-state index contributed by atoms with van der Waals surface area (Å²) in [4.78, 5) is 127. The number of aromatic nitrogens is 3. The quantitative estimate of drug-likeness (QED) is 0.0105. The van der Waals surface area contributed by atoms with Crippen LogP contribution in [0.3, 0.4) is 0 Å². The van der Waals surface area contributed by atoms with Gasteiger partial charge in [-0.05, 0) is 55.1 Å². The van der Waals surface area contributed by atoms with Crippen LogP contribution in [0, 0.1) is 0 Å². The topological polar surface area (TPSA) is 420 Å². The number of amides is 8. The Hall–Kier alpha value is -7.81. The minimum atomic E-state index is -1.39. The van der Waals surface area contributed by atoms with E-state index in [2.05, 4.69) is 87.4 Å². The largest absolute Gasteiger partial charge is 0.370 e. The highest BCUT2D eigenvalue weighted by atomic mass is 32.1. The highest BCUT2D eigenvalue weighted by molar-refractivity contribution is 7.80. The lowest BCUT2D eigenvalue weighted by Gasteiger charge is -2.28. The van der Waals surface area contributed by atoms with Crippen molar-refractivity contribution in [3.05, 3.63) is 90.1 Å². The maximum absolute atomic E-state index is 14.6. The average Bonchev–Trinajstić information content (AvgIpc) is 4.04. The minimum Gasteiger partial charge on any atom is -0.370 e. The number of primary amides is 1. The zero-order valence-corrected chi connectivity index (χ0v) is 42.6. The minimum absolute atomic E-state index is 0.0107. The van der Waals surface area contributed by atoms with Crippen LogP contribution >= 0.6 is 25.3 Å². The molecule has 0 radical (unpaired) electrons. The number of benzene rings is 2. The lowest BCUT2D eigenvalue weighted by molar-refractivity contribution is -0.135. The van der Waals surface area contributed by atoms with Gasteiger partial charge in [0.25, 0.3) is 0 Å². The van der Waals surface area contributed by atoms with Gasteiger partial charge >= 0.3 is 0 Å². The summed E-state index contributed by atoms with van der Waals surface area (Å²) in [5.74, 6) is -6.35. The highest BCUT2D eigenvalue weighted by Gasteiger charge is 2.34. The third kappa shape index (κ3) is 19.7. The van der Waals surface area contributed by atoms with Crippen LogP contribution < -0.4 is 65.9 Å². The van der Waals surface area contributed by atoms with Crippen LogP contribution in [-0.2, 0) is 57.6 Å². The highest BCUT2D eigenvalue weighted by Crippen LogP contribution is 2.20. The SMILES string of the molecule is CC(=O)N[C@@H](CCCN=C(N)N)C(=O)N[C@@H](CCS)C(=O)N[C@@H](Cc1cnc[nH]1)C(=O)N[C@H](Cc1ccccc1)C(=O)N[C@@H](CCCN=C(N)N)C(=O)N[C@@H](Cc1c[nH]c2ccccc12)C(=O)N[C@@H](CS)C(N)=O. The first-order valence-electron chi connectivity index (χ1n) is 23.7. The fourth-order valence-corrected chi connectivity index (χ4v) is 8.17. The molecule has 0 spiro atoms. The van der Waals surface area contributed by atoms with Gasteiger partial charge in [-0.1, -0.05) is 48.5 Å². The third-order valence-corrected chi connectivity index (χ3v) is 12.0. The number of aromatic amines is 2. The lowest BCUT2D eigenvalue weighted by atomic mass is 10.0. The van der Waals surface area contributed by atoms with Crippen LogP contribution in [0.1, 0.15) is 55.8 Å². The molecule has 74 heavy (non-hydrogen) atoms. The second kappa shape index (κ2) is 30.3. The molecule has 2 aromatic heterocycles. The predicted octanol–water partition coefficient (Wildman–Crippen LogP) is -2.83. The Morgan fingerprint density at radius 2 is 1.04 bits per heavy atom. The Morgan fingerprint density at radius 1 is 0.568 bits per heavy atom. The molecule has 0 fully saturated rings. The summed E-state index contributed by atoms with van der Waals surface area (Å²) in [6.45, 7) is 1.47. The molecule has 19 N–H and O–H groups in total. The van der Waals surface area contributed by atoms with E-state index in [1.807, 2.05) is 24.3 Å². The van der Waals surface area contributed by atoms with Gasteiger partial charge in [0.2, 0.25) is 47.3 Å². The Kier molecular flexibility index (Phi) is 24.0. The predicted molar refractivity (Wildman–Crippen MR) is 285 cm³/mol. The molecule has 0 aliphatic rings. The molecule has 0 saturated heterocycles. The number of fused-ring (bicyclic) bond motifs is 1. The van der Waals surface area contributed by atoms with E-state index in [1.165, 1.54) is 19.4 Å². The number of aliphatic imine (C=N–C) groups is 2. The van der Waals surface area contributed by atoms with E-state index in [0.29, 0.717) is 23.2 Å². The molecule has 25 nitrogen and oxygen atoms in total. The summed E-state index contributed by atoms with van der Waals surface area (Å²) in [7, 11) is 0. The monoisotopic (exact) mass is 1060 g/mol.